The normalized spacial score (nSPS) is 15.0. The SMILES string of the molecule is CC1=C(C)C(=O)C(CCCC(=O)NCc2ccccc2F)=C(C)C1=O. The molecule has 0 unspecified atom stereocenters. The average molecular weight is 343 g/mol. The van der Waals surface area contributed by atoms with Crippen LogP contribution in [0.5, 0.6) is 0 Å². The van der Waals surface area contributed by atoms with Crippen molar-refractivity contribution < 1.29 is 18.8 Å². The third-order valence-electron chi connectivity index (χ3n) is 4.58. The largest absolute Gasteiger partial charge is 0.352 e. The Morgan fingerprint density at radius 2 is 1.64 bits per heavy atom. The van der Waals surface area contributed by atoms with Crippen molar-refractivity contribution in [2.45, 2.75) is 46.6 Å². The zero-order chi connectivity index (χ0) is 18.6. The summed E-state index contributed by atoms with van der Waals surface area (Å²) in [4.78, 5) is 36.3. The summed E-state index contributed by atoms with van der Waals surface area (Å²) in [5, 5.41) is 2.67. The summed E-state index contributed by atoms with van der Waals surface area (Å²) in [5.74, 6) is -0.774. The molecule has 0 saturated carbocycles. The number of rotatable bonds is 6. The molecular weight excluding hydrogens is 321 g/mol. The molecule has 1 aromatic rings. The Balaban J connectivity index is 1.86. The van der Waals surface area contributed by atoms with E-state index in [-0.39, 0.29) is 36.3 Å². The van der Waals surface area contributed by atoms with E-state index in [2.05, 4.69) is 5.32 Å². The zero-order valence-corrected chi connectivity index (χ0v) is 14.7. The topological polar surface area (TPSA) is 63.2 Å². The van der Waals surface area contributed by atoms with Gasteiger partial charge in [-0.2, -0.15) is 0 Å². The molecule has 0 aromatic heterocycles. The van der Waals surface area contributed by atoms with Gasteiger partial charge in [-0.25, -0.2) is 4.39 Å². The fraction of sp³-hybridized carbons (Fsp3) is 0.350. The van der Waals surface area contributed by atoms with Crippen LogP contribution in [0.25, 0.3) is 0 Å². The number of ketones is 2. The van der Waals surface area contributed by atoms with Gasteiger partial charge in [-0.1, -0.05) is 18.2 Å². The molecule has 25 heavy (non-hydrogen) atoms. The first kappa shape index (κ1) is 18.8. The van der Waals surface area contributed by atoms with Crippen molar-refractivity contribution in [3.8, 4) is 0 Å². The minimum absolute atomic E-state index is 0.101. The number of carbonyl (C=O) groups is 3. The maximum Gasteiger partial charge on any atom is 0.220 e. The molecule has 0 atom stereocenters. The van der Waals surface area contributed by atoms with E-state index >= 15 is 0 Å². The van der Waals surface area contributed by atoms with Crippen LogP contribution in [0.4, 0.5) is 4.39 Å². The van der Waals surface area contributed by atoms with Crippen LogP contribution in [0.1, 0.15) is 45.6 Å². The number of nitrogens with one attached hydrogen (secondary N) is 1. The van der Waals surface area contributed by atoms with Crippen LogP contribution in [0, 0.1) is 5.82 Å². The first-order chi connectivity index (χ1) is 11.8. The van der Waals surface area contributed by atoms with Crippen LogP contribution in [-0.4, -0.2) is 17.5 Å². The molecule has 1 aliphatic rings. The molecule has 1 aliphatic carbocycles. The van der Waals surface area contributed by atoms with Gasteiger partial charge in [-0.15, -0.1) is 0 Å². The molecule has 2 rings (SSSR count). The summed E-state index contributed by atoms with van der Waals surface area (Å²) < 4.78 is 13.5. The summed E-state index contributed by atoms with van der Waals surface area (Å²) in [6.45, 7) is 5.10. The van der Waals surface area contributed by atoms with Crippen molar-refractivity contribution in [1.82, 2.24) is 5.32 Å². The maximum absolute atomic E-state index is 13.5. The maximum atomic E-state index is 13.5. The lowest BCUT2D eigenvalue weighted by molar-refractivity contribution is -0.121. The highest BCUT2D eigenvalue weighted by Gasteiger charge is 2.27. The lowest BCUT2D eigenvalue weighted by Gasteiger charge is -2.18. The van der Waals surface area contributed by atoms with Gasteiger partial charge in [-0.3, -0.25) is 14.4 Å². The molecular formula is C20H22FNO3. The minimum Gasteiger partial charge on any atom is -0.352 e. The van der Waals surface area contributed by atoms with Crippen molar-refractivity contribution >= 4 is 17.5 Å². The van der Waals surface area contributed by atoms with E-state index in [9.17, 15) is 18.8 Å². The zero-order valence-electron chi connectivity index (χ0n) is 14.7. The standard InChI is InChI=1S/C20H22FNO3/c1-12-13(2)20(25)16(14(3)19(12)24)8-6-10-18(23)22-11-15-7-4-5-9-17(15)21/h4-5,7,9H,6,8,10-11H2,1-3H3,(H,22,23). The Hall–Kier alpha value is -2.56. The molecule has 1 N–H and O–H groups in total. The quantitative estimate of drug-likeness (QED) is 0.805. The van der Waals surface area contributed by atoms with Crippen LogP contribution in [-0.2, 0) is 20.9 Å². The van der Waals surface area contributed by atoms with Crippen LogP contribution in [0.3, 0.4) is 0 Å². The molecule has 5 heteroatoms. The summed E-state index contributed by atoms with van der Waals surface area (Å²) in [6.07, 6.45) is 1.06. The first-order valence-electron chi connectivity index (χ1n) is 8.29. The third kappa shape index (κ3) is 4.29. The van der Waals surface area contributed by atoms with Crippen molar-refractivity contribution in [3.05, 3.63) is 57.9 Å². The molecule has 1 amide bonds. The van der Waals surface area contributed by atoms with Crippen LogP contribution in [0.2, 0.25) is 0 Å². The number of allylic oxidation sites excluding steroid dienone is 4. The number of carbonyl (C=O) groups excluding carboxylic acids is 3. The number of Topliss-reactive ketones (excluding diaryl/α,β-unsaturated/α-hetero) is 2. The van der Waals surface area contributed by atoms with E-state index in [0.29, 0.717) is 40.7 Å². The van der Waals surface area contributed by atoms with E-state index in [1.165, 1.54) is 6.07 Å². The number of hydrogen-bond acceptors (Lipinski definition) is 3. The van der Waals surface area contributed by atoms with Gasteiger partial charge in [0.2, 0.25) is 5.91 Å². The fourth-order valence-corrected chi connectivity index (χ4v) is 2.81. The summed E-state index contributed by atoms with van der Waals surface area (Å²) in [7, 11) is 0. The lowest BCUT2D eigenvalue weighted by Crippen LogP contribution is -2.24. The number of halogens is 1. The summed E-state index contributed by atoms with van der Waals surface area (Å²) in [6, 6.07) is 6.27. The molecule has 1 aromatic carbocycles. The Bertz CT molecular complexity index is 790. The monoisotopic (exact) mass is 343 g/mol. The highest BCUT2D eigenvalue weighted by atomic mass is 19.1. The van der Waals surface area contributed by atoms with Gasteiger partial charge in [0.15, 0.2) is 11.6 Å². The summed E-state index contributed by atoms with van der Waals surface area (Å²) in [5.41, 5.74) is 2.37. The van der Waals surface area contributed by atoms with E-state index in [0.717, 1.165) is 0 Å². The van der Waals surface area contributed by atoms with Crippen molar-refractivity contribution in [1.29, 1.82) is 0 Å². The Labute approximate surface area is 146 Å². The number of benzene rings is 1. The second-order valence-corrected chi connectivity index (χ2v) is 6.23. The van der Waals surface area contributed by atoms with Crippen molar-refractivity contribution in [2.75, 3.05) is 0 Å². The van der Waals surface area contributed by atoms with E-state index in [1.807, 2.05) is 0 Å². The van der Waals surface area contributed by atoms with Gasteiger partial charge < -0.3 is 5.32 Å². The third-order valence-corrected chi connectivity index (χ3v) is 4.58. The molecule has 0 fully saturated rings. The smallest absolute Gasteiger partial charge is 0.220 e. The molecule has 4 nitrogen and oxygen atoms in total. The molecule has 0 spiro atoms. The first-order valence-corrected chi connectivity index (χ1v) is 8.29. The van der Waals surface area contributed by atoms with Crippen LogP contribution < -0.4 is 5.32 Å². The van der Waals surface area contributed by atoms with E-state index in [4.69, 9.17) is 0 Å². The highest BCUT2D eigenvalue weighted by molar-refractivity contribution is 6.24. The second-order valence-electron chi connectivity index (χ2n) is 6.23. The fourth-order valence-electron chi connectivity index (χ4n) is 2.81. The predicted octanol–water partition coefficient (Wildman–Crippen LogP) is 3.42. The minimum atomic E-state index is -0.354. The number of amides is 1. The second kappa shape index (κ2) is 8.01. The van der Waals surface area contributed by atoms with Gasteiger partial charge in [0.25, 0.3) is 0 Å². The number of hydrogen-bond donors (Lipinski definition) is 1. The van der Waals surface area contributed by atoms with Crippen molar-refractivity contribution in [2.24, 2.45) is 0 Å². The Morgan fingerprint density at radius 3 is 2.32 bits per heavy atom. The average Bonchev–Trinajstić information content (AvgIpc) is 2.60. The Kier molecular flexibility index (Phi) is 6.02. The molecule has 0 saturated heterocycles. The van der Waals surface area contributed by atoms with Crippen LogP contribution in [0.15, 0.2) is 46.6 Å². The molecule has 132 valence electrons. The highest BCUT2D eigenvalue weighted by Crippen LogP contribution is 2.27. The molecule has 0 heterocycles. The van der Waals surface area contributed by atoms with Gasteiger partial charge in [0.05, 0.1) is 0 Å². The molecule has 0 radical (unpaired) electrons. The van der Waals surface area contributed by atoms with Gasteiger partial charge >= 0.3 is 0 Å². The molecule has 0 bridgehead atoms. The van der Waals surface area contributed by atoms with E-state index < -0.39 is 0 Å². The van der Waals surface area contributed by atoms with Crippen molar-refractivity contribution in [3.63, 3.8) is 0 Å². The van der Waals surface area contributed by atoms with Gasteiger partial charge in [0.1, 0.15) is 5.82 Å². The predicted molar refractivity (Wildman–Crippen MR) is 93.2 cm³/mol. The Morgan fingerprint density at radius 1 is 1.00 bits per heavy atom. The van der Waals surface area contributed by atoms with Gasteiger partial charge in [-0.05, 0) is 39.7 Å². The molecule has 0 aliphatic heterocycles. The van der Waals surface area contributed by atoms with E-state index in [1.54, 1.807) is 39.0 Å². The van der Waals surface area contributed by atoms with Crippen LogP contribution >= 0.6 is 0 Å². The summed E-state index contributed by atoms with van der Waals surface area (Å²) >= 11 is 0. The van der Waals surface area contributed by atoms with Gasteiger partial charge in [0, 0.05) is 40.8 Å². The lowest BCUT2D eigenvalue weighted by atomic mass is 9.84.